The first kappa shape index (κ1) is 15.0. The van der Waals surface area contributed by atoms with Crippen molar-refractivity contribution >= 4 is 5.82 Å². The smallest absolute Gasteiger partial charge is 0.123 e. The molecule has 0 aliphatic carbocycles. The quantitative estimate of drug-likeness (QED) is 0.899. The van der Waals surface area contributed by atoms with Crippen LogP contribution in [0.4, 0.5) is 5.82 Å². The number of rotatable bonds is 5. The van der Waals surface area contributed by atoms with Crippen LogP contribution in [0.2, 0.25) is 0 Å². The second-order valence-electron chi connectivity index (χ2n) is 5.80. The molecule has 22 heavy (non-hydrogen) atoms. The summed E-state index contributed by atoms with van der Waals surface area (Å²) in [5, 5.41) is 4.23. The number of nitrogens with zero attached hydrogens (tertiary/aromatic N) is 4. The van der Waals surface area contributed by atoms with Crippen LogP contribution < -0.4 is 5.73 Å². The van der Waals surface area contributed by atoms with E-state index in [0.717, 1.165) is 39.1 Å². The van der Waals surface area contributed by atoms with Crippen molar-refractivity contribution in [3.8, 4) is 0 Å². The number of nitrogen functional groups attached to an aromatic ring is 1. The predicted molar refractivity (Wildman–Crippen MR) is 85.2 cm³/mol. The molecule has 1 fully saturated rings. The molecule has 3 rings (SSSR count). The van der Waals surface area contributed by atoms with E-state index >= 15 is 0 Å². The van der Waals surface area contributed by atoms with E-state index in [2.05, 4.69) is 21.0 Å². The summed E-state index contributed by atoms with van der Waals surface area (Å²) in [7, 11) is 1.99. The zero-order valence-electron chi connectivity index (χ0n) is 13.0. The molecule has 1 aliphatic rings. The minimum absolute atomic E-state index is 0.274. The van der Waals surface area contributed by atoms with E-state index in [1.165, 1.54) is 11.3 Å². The molecular formula is C16H23N5O. The van der Waals surface area contributed by atoms with Crippen molar-refractivity contribution in [3.63, 3.8) is 0 Å². The first-order valence-electron chi connectivity index (χ1n) is 7.72. The lowest BCUT2D eigenvalue weighted by atomic mass is 10.1. The Labute approximate surface area is 130 Å². The van der Waals surface area contributed by atoms with E-state index in [1.807, 2.05) is 30.1 Å². The van der Waals surface area contributed by atoms with Gasteiger partial charge in [0, 0.05) is 39.1 Å². The predicted octanol–water partition coefficient (Wildman–Crippen LogP) is 1.23. The van der Waals surface area contributed by atoms with Crippen molar-refractivity contribution in [3.05, 3.63) is 41.9 Å². The molecule has 2 aromatic rings. The SMILES string of the molecule is Cn1nccc1CN1CCO[C@H](CCc2ccnc(N)c2)C1. The Balaban J connectivity index is 1.51. The fourth-order valence-electron chi connectivity index (χ4n) is 2.86. The number of ether oxygens (including phenoxy) is 1. The van der Waals surface area contributed by atoms with Gasteiger partial charge in [0.15, 0.2) is 0 Å². The van der Waals surface area contributed by atoms with Crippen LogP contribution in [0.3, 0.4) is 0 Å². The van der Waals surface area contributed by atoms with Crippen molar-refractivity contribution in [1.82, 2.24) is 19.7 Å². The van der Waals surface area contributed by atoms with Crippen molar-refractivity contribution in [1.29, 1.82) is 0 Å². The van der Waals surface area contributed by atoms with Gasteiger partial charge in [0.1, 0.15) is 5.82 Å². The average molecular weight is 301 g/mol. The van der Waals surface area contributed by atoms with Gasteiger partial charge in [0.2, 0.25) is 0 Å². The van der Waals surface area contributed by atoms with Crippen molar-refractivity contribution < 1.29 is 4.74 Å². The minimum atomic E-state index is 0.274. The van der Waals surface area contributed by atoms with Crippen molar-refractivity contribution in [2.75, 3.05) is 25.4 Å². The zero-order chi connectivity index (χ0) is 15.4. The molecule has 1 aliphatic heterocycles. The van der Waals surface area contributed by atoms with Crippen LogP contribution in [-0.2, 0) is 24.8 Å². The van der Waals surface area contributed by atoms with Gasteiger partial charge in [-0.15, -0.1) is 0 Å². The standard InChI is InChI=1S/C16H23N5O/c1-20-14(5-7-19-20)11-21-8-9-22-15(12-21)3-2-13-4-6-18-16(17)10-13/h4-7,10,15H,2-3,8-9,11-12H2,1H3,(H2,17,18)/t15-/m1/s1. The molecule has 0 radical (unpaired) electrons. The van der Waals surface area contributed by atoms with Gasteiger partial charge in [-0.25, -0.2) is 4.98 Å². The number of pyridine rings is 1. The molecular weight excluding hydrogens is 278 g/mol. The lowest BCUT2D eigenvalue weighted by Crippen LogP contribution is -2.42. The topological polar surface area (TPSA) is 69.2 Å². The molecule has 0 unspecified atom stereocenters. The Kier molecular flexibility index (Phi) is 4.70. The summed E-state index contributed by atoms with van der Waals surface area (Å²) >= 11 is 0. The normalized spacial score (nSPS) is 19.4. The zero-order valence-corrected chi connectivity index (χ0v) is 13.0. The number of anilines is 1. The molecule has 0 spiro atoms. The van der Waals surface area contributed by atoms with Gasteiger partial charge in [-0.3, -0.25) is 9.58 Å². The van der Waals surface area contributed by atoms with Crippen LogP contribution in [0.25, 0.3) is 0 Å². The monoisotopic (exact) mass is 301 g/mol. The van der Waals surface area contributed by atoms with E-state index in [4.69, 9.17) is 10.5 Å². The molecule has 0 amide bonds. The molecule has 2 aromatic heterocycles. The molecule has 0 bridgehead atoms. The first-order chi connectivity index (χ1) is 10.7. The van der Waals surface area contributed by atoms with Gasteiger partial charge >= 0.3 is 0 Å². The lowest BCUT2D eigenvalue weighted by Gasteiger charge is -2.33. The molecule has 6 heteroatoms. The van der Waals surface area contributed by atoms with E-state index in [9.17, 15) is 0 Å². The molecule has 6 nitrogen and oxygen atoms in total. The summed E-state index contributed by atoms with van der Waals surface area (Å²) in [6.07, 6.45) is 5.86. The Bertz CT molecular complexity index is 612. The van der Waals surface area contributed by atoms with Crippen LogP contribution >= 0.6 is 0 Å². The highest BCUT2D eigenvalue weighted by atomic mass is 16.5. The van der Waals surface area contributed by atoms with Crippen LogP contribution in [0.15, 0.2) is 30.6 Å². The van der Waals surface area contributed by atoms with Crippen LogP contribution in [-0.4, -0.2) is 45.5 Å². The van der Waals surface area contributed by atoms with Gasteiger partial charge in [-0.1, -0.05) is 0 Å². The molecule has 2 N–H and O–H groups in total. The maximum atomic E-state index is 5.90. The Morgan fingerprint density at radius 3 is 3.05 bits per heavy atom. The number of aryl methyl sites for hydroxylation is 2. The molecule has 0 saturated carbocycles. The fraction of sp³-hybridized carbons (Fsp3) is 0.500. The van der Waals surface area contributed by atoms with Gasteiger partial charge in [-0.2, -0.15) is 5.10 Å². The third-order valence-electron chi connectivity index (χ3n) is 4.13. The number of morpholine rings is 1. The fourth-order valence-corrected chi connectivity index (χ4v) is 2.86. The van der Waals surface area contributed by atoms with E-state index < -0.39 is 0 Å². The van der Waals surface area contributed by atoms with E-state index in [1.54, 1.807) is 6.20 Å². The third-order valence-corrected chi connectivity index (χ3v) is 4.13. The second kappa shape index (κ2) is 6.89. The summed E-state index contributed by atoms with van der Waals surface area (Å²) in [6.45, 7) is 3.66. The molecule has 1 atom stereocenters. The summed E-state index contributed by atoms with van der Waals surface area (Å²) in [4.78, 5) is 6.46. The number of nitrogens with two attached hydrogens (primary N) is 1. The van der Waals surface area contributed by atoms with Crippen LogP contribution in [0.1, 0.15) is 17.7 Å². The Morgan fingerprint density at radius 2 is 2.27 bits per heavy atom. The van der Waals surface area contributed by atoms with Crippen LogP contribution in [0, 0.1) is 0 Å². The molecule has 118 valence electrons. The highest BCUT2D eigenvalue weighted by Gasteiger charge is 2.21. The van der Waals surface area contributed by atoms with Crippen molar-refractivity contribution in [2.45, 2.75) is 25.5 Å². The lowest BCUT2D eigenvalue weighted by molar-refractivity contribution is -0.0352. The highest BCUT2D eigenvalue weighted by Crippen LogP contribution is 2.15. The van der Waals surface area contributed by atoms with Crippen molar-refractivity contribution in [2.24, 2.45) is 7.05 Å². The molecule has 3 heterocycles. The Hall–Kier alpha value is -1.92. The summed E-state index contributed by atoms with van der Waals surface area (Å²) in [6, 6.07) is 6.03. The van der Waals surface area contributed by atoms with Gasteiger partial charge < -0.3 is 10.5 Å². The van der Waals surface area contributed by atoms with E-state index in [-0.39, 0.29) is 6.10 Å². The Morgan fingerprint density at radius 1 is 1.36 bits per heavy atom. The van der Waals surface area contributed by atoms with E-state index in [0.29, 0.717) is 5.82 Å². The largest absolute Gasteiger partial charge is 0.384 e. The summed E-state index contributed by atoms with van der Waals surface area (Å²) < 4.78 is 7.83. The van der Waals surface area contributed by atoms with Gasteiger partial charge in [0.05, 0.1) is 18.4 Å². The average Bonchev–Trinajstić information content (AvgIpc) is 2.91. The summed E-state index contributed by atoms with van der Waals surface area (Å²) in [5.41, 5.74) is 8.18. The second-order valence-corrected chi connectivity index (χ2v) is 5.80. The third kappa shape index (κ3) is 3.84. The molecule has 0 aromatic carbocycles. The van der Waals surface area contributed by atoms with Crippen LogP contribution in [0.5, 0.6) is 0 Å². The first-order valence-corrected chi connectivity index (χ1v) is 7.72. The van der Waals surface area contributed by atoms with Gasteiger partial charge in [0.25, 0.3) is 0 Å². The molecule has 1 saturated heterocycles. The highest BCUT2D eigenvalue weighted by molar-refractivity contribution is 5.31. The number of hydrogen-bond acceptors (Lipinski definition) is 5. The minimum Gasteiger partial charge on any atom is -0.384 e. The maximum absolute atomic E-state index is 5.90. The van der Waals surface area contributed by atoms with Gasteiger partial charge in [-0.05, 0) is 36.6 Å². The number of aromatic nitrogens is 3. The summed E-state index contributed by atoms with van der Waals surface area (Å²) in [5.74, 6) is 0.583. The maximum Gasteiger partial charge on any atom is 0.123 e. The number of hydrogen-bond donors (Lipinski definition) is 1.